The van der Waals surface area contributed by atoms with Crippen molar-refractivity contribution in [2.24, 2.45) is 12.8 Å². The van der Waals surface area contributed by atoms with E-state index in [1.807, 2.05) is 24.9 Å². The summed E-state index contributed by atoms with van der Waals surface area (Å²) in [6, 6.07) is 0.123. The molecule has 0 saturated heterocycles. The Morgan fingerprint density at radius 2 is 2.43 bits per heavy atom. The van der Waals surface area contributed by atoms with Crippen LogP contribution in [0.3, 0.4) is 0 Å². The average Bonchev–Trinajstić information content (AvgIpc) is 2.45. The molecule has 1 aromatic heterocycles. The lowest BCUT2D eigenvalue weighted by Gasteiger charge is -2.18. The van der Waals surface area contributed by atoms with Crippen LogP contribution in [0.1, 0.15) is 11.3 Å². The SMILES string of the molecule is Cc1nn(C)cc1C1=CC(N)CNC1. The highest BCUT2D eigenvalue weighted by molar-refractivity contribution is 5.69. The molecule has 0 spiro atoms. The van der Waals surface area contributed by atoms with Crippen molar-refractivity contribution in [3.63, 3.8) is 0 Å². The number of hydrogen-bond donors (Lipinski definition) is 2. The first-order valence-electron chi connectivity index (χ1n) is 4.84. The first-order valence-corrected chi connectivity index (χ1v) is 4.84. The minimum atomic E-state index is 0.123. The Labute approximate surface area is 83.8 Å². The van der Waals surface area contributed by atoms with Crippen LogP contribution in [0.5, 0.6) is 0 Å². The monoisotopic (exact) mass is 192 g/mol. The van der Waals surface area contributed by atoms with E-state index in [2.05, 4.69) is 16.5 Å². The molecule has 1 aromatic rings. The maximum atomic E-state index is 5.85. The van der Waals surface area contributed by atoms with Crippen molar-refractivity contribution in [3.8, 4) is 0 Å². The molecule has 0 bridgehead atoms. The molecule has 1 unspecified atom stereocenters. The Morgan fingerprint density at radius 3 is 3.00 bits per heavy atom. The molecule has 4 nitrogen and oxygen atoms in total. The maximum Gasteiger partial charge on any atom is 0.0669 e. The van der Waals surface area contributed by atoms with E-state index >= 15 is 0 Å². The van der Waals surface area contributed by atoms with Crippen molar-refractivity contribution in [3.05, 3.63) is 23.5 Å². The molecule has 0 fully saturated rings. The van der Waals surface area contributed by atoms with Crippen molar-refractivity contribution in [1.29, 1.82) is 0 Å². The van der Waals surface area contributed by atoms with E-state index < -0.39 is 0 Å². The van der Waals surface area contributed by atoms with Gasteiger partial charge in [0.2, 0.25) is 0 Å². The van der Waals surface area contributed by atoms with Gasteiger partial charge < -0.3 is 11.1 Å². The van der Waals surface area contributed by atoms with E-state index in [4.69, 9.17) is 5.73 Å². The van der Waals surface area contributed by atoms with Crippen molar-refractivity contribution in [2.75, 3.05) is 13.1 Å². The quantitative estimate of drug-likeness (QED) is 0.660. The standard InChI is InChI=1S/C10H16N4/c1-7-10(6-14(2)13-7)8-3-9(11)5-12-4-8/h3,6,9,12H,4-5,11H2,1-2H3. The van der Waals surface area contributed by atoms with Crippen molar-refractivity contribution < 1.29 is 0 Å². The molecule has 1 atom stereocenters. The second-order valence-corrected chi connectivity index (χ2v) is 3.79. The third kappa shape index (κ3) is 1.71. The number of rotatable bonds is 1. The summed E-state index contributed by atoms with van der Waals surface area (Å²) in [5.41, 5.74) is 9.38. The van der Waals surface area contributed by atoms with Gasteiger partial charge in [-0.15, -0.1) is 0 Å². The number of aromatic nitrogens is 2. The fourth-order valence-electron chi connectivity index (χ4n) is 1.85. The number of hydrogen-bond acceptors (Lipinski definition) is 3. The lowest BCUT2D eigenvalue weighted by atomic mass is 10.0. The molecule has 3 N–H and O–H groups in total. The molecule has 0 saturated carbocycles. The first-order chi connectivity index (χ1) is 6.66. The molecular formula is C10H16N4. The van der Waals surface area contributed by atoms with Crippen LogP contribution in [0.15, 0.2) is 12.3 Å². The van der Waals surface area contributed by atoms with E-state index in [0.29, 0.717) is 0 Å². The van der Waals surface area contributed by atoms with Gasteiger partial charge in [0.1, 0.15) is 0 Å². The van der Waals surface area contributed by atoms with Gasteiger partial charge in [-0.3, -0.25) is 4.68 Å². The van der Waals surface area contributed by atoms with E-state index in [1.54, 1.807) is 0 Å². The summed E-state index contributed by atoms with van der Waals surface area (Å²) >= 11 is 0. The fourth-order valence-corrected chi connectivity index (χ4v) is 1.85. The highest BCUT2D eigenvalue weighted by Crippen LogP contribution is 2.18. The normalized spacial score (nSPS) is 22.2. The molecule has 14 heavy (non-hydrogen) atoms. The maximum absolute atomic E-state index is 5.85. The van der Waals surface area contributed by atoms with Crippen LogP contribution >= 0.6 is 0 Å². The highest BCUT2D eigenvalue weighted by atomic mass is 15.2. The number of aryl methyl sites for hydroxylation is 2. The Hall–Kier alpha value is -1.13. The van der Waals surface area contributed by atoms with E-state index in [0.717, 1.165) is 18.8 Å². The van der Waals surface area contributed by atoms with Crippen molar-refractivity contribution in [1.82, 2.24) is 15.1 Å². The zero-order valence-corrected chi connectivity index (χ0v) is 8.62. The van der Waals surface area contributed by atoms with E-state index in [1.165, 1.54) is 11.1 Å². The zero-order chi connectivity index (χ0) is 10.1. The Balaban J connectivity index is 2.34. The van der Waals surface area contributed by atoms with Gasteiger partial charge in [0, 0.05) is 37.9 Å². The van der Waals surface area contributed by atoms with Crippen molar-refractivity contribution >= 4 is 5.57 Å². The Morgan fingerprint density at radius 1 is 1.64 bits per heavy atom. The van der Waals surface area contributed by atoms with Gasteiger partial charge in [-0.2, -0.15) is 5.10 Å². The minimum absolute atomic E-state index is 0.123. The van der Waals surface area contributed by atoms with Gasteiger partial charge in [0.15, 0.2) is 0 Å². The van der Waals surface area contributed by atoms with Crippen LogP contribution in [0.2, 0.25) is 0 Å². The lowest BCUT2D eigenvalue weighted by Crippen LogP contribution is -2.37. The fraction of sp³-hybridized carbons (Fsp3) is 0.500. The second kappa shape index (κ2) is 3.55. The van der Waals surface area contributed by atoms with Gasteiger partial charge in [0.05, 0.1) is 5.69 Å². The van der Waals surface area contributed by atoms with Crippen LogP contribution < -0.4 is 11.1 Å². The molecular weight excluding hydrogens is 176 g/mol. The van der Waals surface area contributed by atoms with Gasteiger partial charge in [0.25, 0.3) is 0 Å². The lowest BCUT2D eigenvalue weighted by molar-refractivity contribution is 0.662. The largest absolute Gasteiger partial charge is 0.323 e. The summed E-state index contributed by atoms with van der Waals surface area (Å²) in [5, 5.41) is 7.61. The molecule has 76 valence electrons. The topological polar surface area (TPSA) is 55.9 Å². The van der Waals surface area contributed by atoms with Gasteiger partial charge in [-0.25, -0.2) is 0 Å². The number of nitrogens with zero attached hydrogens (tertiary/aromatic N) is 2. The third-order valence-electron chi connectivity index (χ3n) is 2.47. The van der Waals surface area contributed by atoms with Crippen LogP contribution in [0.25, 0.3) is 5.57 Å². The summed E-state index contributed by atoms with van der Waals surface area (Å²) in [6.07, 6.45) is 4.17. The summed E-state index contributed by atoms with van der Waals surface area (Å²) in [7, 11) is 1.94. The summed E-state index contributed by atoms with van der Waals surface area (Å²) in [5.74, 6) is 0. The highest BCUT2D eigenvalue weighted by Gasteiger charge is 2.14. The summed E-state index contributed by atoms with van der Waals surface area (Å²) in [4.78, 5) is 0. The summed E-state index contributed by atoms with van der Waals surface area (Å²) in [6.45, 7) is 3.78. The smallest absolute Gasteiger partial charge is 0.0669 e. The summed E-state index contributed by atoms with van der Waals surface area (Å²) < 4.78 is 1.84. The molecule has 1 aliphatic rings. The van der Waals surface area contributed by atoms with Crippen molar-refractivity contribution in [2.45, 2.75) is 13.0 Å². The number of nitrogens with one attached hydrogen (secondary N) is 1. The molecule has 0 amide bonds. The molecule has 0 aliphatic carbocycles. The van der Waals surface area contributed by atoms with Crippen LogP contribution in [0.4, 0.5) is 0 Å². The molecule has 0 radical (unpaired) electrons. The van der Waals surface area contributed by atoms with E-state index in [-0.39, 0.29) is 6.04 Å². The van der Waals surface area contributed by atoms with Crippen LogP contribution in [-0.4, -0.2) is 28.9 Å². The third-order valence-corrected chi connectivity index (χ3v) is 2.47. The molecule has 2 heterocycles. The van der Waals surface area contributed by atoms with Gasteiger partial charge in [-0.1, -0.05) is 6.08 Å². The minimum Gasteiger partial charge on any atom is -0.323 e. The van der Waals surface area contributed by atoms with Gasteiger partial charge in [-0.05, 0) is 12.5 Å². The average molecular weight is 192 g/mol. The predicted octanol–water partition coefficient (Wildman–Crippen LogP) is 0.0424. The van der Waals surface area contributed by atoms with E-state index in [9.17, 15) is 0 Å². The van der Waals surface area contributed by atoms with Crippen LogP contribution in [0, 0.1) is 6.92 Å². The zero-order valence-electron chi connectivity index (χ0n) is 8.62. The molecule has 1 aliphatic heterocycles. The molecule has 4 heteroatoms. The number of nitrogens with two attached hydrogens (primary N) is 1. The molecule has 0 aromatic carbocycles. The molecule has 2 rings (SSSR count). The van der Waals surface area contributed by atoms with Gasteiger partial charge >= 0.3 is 0 Å². The predicted molar refractivity (Wildman–Crippen MR) is 56.8 cm³/mol. The Bertz CT molecular complexity index is 364. The van der Waals surface area contributed by atoms with Crippen LogP contribution in [-0.2, 0) is 7.05 Å². The first kappa shape index (κ1) is 9.43. The Kier molecular flexibility index (Phi) is 2.39. The second-order valence-electron chi connectivity index (χ2n) is 3.79.